The number of hydrogen-bond acceptors (Lipinski definition) is 3. The van der Waals surface area contributed by atoms with E-state index in [1.807, 2.05) is 12.1 Å². The van der Waals surface area contributed by atoms with E-state index < -0.39 is 5.97 Å². The third kappa shape index (κ3) is 4.33. The largest absolute Gasteiger partial charge is 0.484 e. The van der Waals surface area contributed by atoms with Crippen LogP contribution in [0.4, 0.5) is 5.69 Å². The number of carboxylic acids is 1. The molecule has 0 aliphatic rings. The molecule has 0 saturated carbocycles. The summed E-state index contributed by atoms with van der Waals surface area (Å²) in [5.74, 6) is -0.815. The smallest absolute Gasteiger partial charge is 0.335 e. The van der Waals surface area contributed by atoms with Crippen LogP contribution in [0, 0.1) is 6.92 Å². The average molecular weight is 364 g/mol. The molecule has 0 spiro atoms. The van der Waals surface area contributed by atoms with E-state index >= 15 is 0 Å². The molecule has 114 valence electrons. The molecule has 2 aromatic rings. The Morgan fingerprint density at radius 2 is 1.86 bits per heavy atom. The second-order valence-electron chi connectivity index (χ2n) is 4.63. The number of carbonyl (C=O) groups excluding carboxylic acids is 1. The standard InChI is InChI=1S/C16H14BrNO4/c1-10-2-3-11(16(20)21)8-14(10)18-15(19)9-22-13-6-4-12(17)5-7-13/h2-8H,9H2,1H3,(H,18,19)(H,20,21). The molecule has 0 aliphatic heterocycles. The van der Waals surface area contributed by atoms with Crippen LogP contribution in [0.25, 0.3) is 0 Å². The molecule has 2 N–H and O–H groups in total. The topological polar surface area (TPSA) is 75.6 Å². The molecule has 2 aromatic carbocycles. The number of hydrogen-bond donors (Lipinski definition) is 2. The number of rotatable bonds is 5. The van der Waals surface area contributed by atoms with Gasteiger partial charge in [-0.05, 0) is 48.9 Å². The van der Waals surface area contributed by atoms with Crippen LogP contribution in [0.3, 0.4) is 0 Å². The number of aryl methyl sites for hydroxylation is 1. The highest BCUT2D eigenvalue weighted by Crippen LogP contribution is 2.18. The second kappa shape index (κ2) is 7.09. The number of anilines is 1. The Hall–Kier alpha value is -2.34. The number of benzene rings is 2. The first-order valence-corrected chi connectivity index (χ1v) is 7.27. The van der Waals surface area contributed by atoms with Crippen molar-refractivity contribution in [3.63, 3.8) is 0 Å². The molecule has 22 heavy (non-hydrogen) atoms. The average Bonchev–Trinajstić information content (AvgIpc) is 2.48. The maximum Gasteiger partial charge on any atom is 0.335 e. The summed E-state index contributed by atoms with van der Waals surface area (Å²) in [4.78, 5) is 22.8. The first-order chi connectivity index (χ1) is 10.5. The zero-order chi connectivity index (χ0) is 16.1. The van der Waals surface area contributed by atoms with Crippen molar-refractivity contribution in [2.75, 3.05) is 11.9 Å². The van der Waals surface area contributed by atoms with Crippen molar-refractivity contribution in [2.45, 2.75) is 6.92 Å². The van der Waals surface area contributed by atoms with E-state index in [9.17, 15) is 9.59 Å². The molecule has 0 aromatic heterocycles. The van der Waals surface area contributed by atoms with E-state index in [2.05, 4.69) is 21.2 Å². The van der Waals surface area contributed by atoms with Gasteiger partial charge in [0.2, 0.25) is 0 Å². The van der Waals surface area contributed by atoms with Crippen LogP contribution in [0.1, 0.15) is 15.9 Å². The predicted molar refractivity (Wildman–Crippen MR) is 86.4 cm³/mol. The van der Waals surface area contributed by atoms with Gasteiger partial charge in [0, 0.05) is 10.2 Å². The third-order valence-corrected chi connectivity index (χ3v) is 3.47. The summed E-state index contributed by atoms with van der Waals surface area (Å²) in [5.41, 5.74) is 1.36. The first-order valence-electron chi connectivity index (χ1n) is 6.48. The number of carboxylic acid groups (broad SMARTS) is 1. The van der Waals surface area contributed by atoms with E-state index in [1.165, 1.54) is 12.1 Å². The second-order valence-corrected chi connectivity index (χ2v) is 5.54. The number of halogens is 1. The van der Waals surface area contributed by atoms with E-state index in [1.54, 1.807) is 25.1 Å². The molecular formula is C16H14BrNO4. The minimum absolute atomic E-state index is 0.120. The number of carbonyl (C=O) groups is 2. The summed E-state index contributed by atoms with van der Waals surface area (Å²) in [7, 11) is 0. The van der Waals surface area contributed by atoms with E-state index in [-0.39, 0.29) is 18.1 Å². The highest BCUT2D eigenvalue weighted by Gasteiger charge is 2.09. The Bertz CT molecular complexity index is 698. The van der Waals surface area contributed by atoms with E-state index in [4.69, 9.17) is 9.84 Å². The van der Waals surface area contributed by atoms with Gasteiger partial charge in [0.25, 0.3) is 5.91 Å². The van der Waals surface area contributed by atoms with Crippen molar-refractivity contribution < 1.29 is 19.4 Å². The zero-order valence-corrected chi connectivity index (χ0v) is 13.4. The van der Waals surface area contributed by atoms with Crippen molar-refractivity contribution in [3.8, 4) is 5.75 Å². The number of ether oxygens (including phenoxy) is 1. The van der Waals surface area contributed by atoms with Gasteiger partial charge in [-0.1, -0.05) is 22.0 Å². The molecule has 2 rings (SSSR count). The molecule has 0 radical (unpaired) electrons. The van der Waals surface area contributed by atoms with Gasteiger partial charge in [-0.2, -0.15) is 0 Å². The van der Waals surface area contributed by atoms with Crippen LogP contribution in [0.2, 0.25) is 0 Å². The molecule has 0 saturated heterocycles. The summed E-state index contributed by atoms with van der Waals surface area (Å²) in [6, 6.07) is 11.7. The maximum absolute atomic E-state index is 11.9. The van der Waals surface area contributed by atoms with Gasteiger partial charge in [-0.3, -0.25) is 4.79 Å². The van der Waals surface area contributed by atoms with Gasteiger partial charge in [-0.15, -0.1) is 0 Å². The normalized spacial score (nSPS) is 10.1. The lowest BCUT2D eigenvalue weighted by Gasteiger charge is -2.10. The summed E-state index contributed by atoms with van der Waals surface area (Å²) in [6.07, 6.45) is 0. The molecule has 0 atom stereocenters. The fraction of sp³-hybridized carbons (Fsp3) is 0.125. The van der Waals surface area contributed by atoms with Crippen LogP contribution in [-0.2, 0) is 4.79 Å². The van der Waals surface area contributed by atoms with Crippen molar-refractivity contribution >= 4 is 33.5 Å². The van der Waals surface area contributed by atoms with Gasteiger partial charge >= 0.3 is 5.97 Å². The van der Waals surface area contributed by atoms with Crippen molar-refractivity contribution in [1.29, 1.82) is 0 Å². The lowest BCUT2D eigenvalue weighted by molar-refractivity contribution is -0.118. The Balaban J connectivity index is 1.98. The Morgan fingerprint density at radius 1 is 1.18 bits per heavy atom. The van der Waals surface area contributed by atoms with Crippen molar-refractivity contribution in [1.82, 2.24) is 0 Å². The maximum atomic E-state index is 11.9. The number of nitrogens with one attached hydrogen (secondary N) is 1. The van der Waals surface area contributed by atoms with Crippen LogP contribution in [-0.4, -0.2) is 23.6 Å². The fourth-order valence-electron chi connectivity index (χ4n) is 1.76. The highest BCUT2D eigenvalue weighted by molar-refractivity contribution is 9.10. The molecular weight excluding hydrogens is 350 g/mol. The third-order valence-electron chi connectivity index (χ3n) is 2.94. The molecule has 1 amide bonds. The van der Waals surface area contributed by atoms with Crippen LogP contribution >= 0.6 is 15.9 Å². The van der Waals surface area contributed by atoms with Gasteiger partial charge < -0.3 is 15.2 Å². The summed E-state index contributed by atoms with van der Waals surface area (Å²) in [6.45, 7) is 1.63. The fourth-order valence-corrected chi connectivity index (χ4v) is 2.02. The zero-order valence-electron chi connectivity index (χ0n) is 11.8. The van der Waals surface area contributed by atoms with E-state index in [0.717, 1.165) is 10.0 Å². The Kier molecular flexibility index (Phi) is 5.16. The SMILES string of the molecule is Cc1ccc(C(=O)O)cc1NC(=O)COc1ccc(Br)cc1. The summed E-state index contributed by atoms with van der Waals surface area (Å²) < 4.78 is 6.29. The predicted octanol–water partition coefficient (Wildman–Crippen LogP) is 3.47. The lowest BCUT2D eigenvalue weighted by atomic mass is 10.1. The van der Waals surface area contributed by atoms with Gasteiger partial charge in [0.1, 0.15) is 5.75 Å². The molecule has 0 heterocycles. The molecule has 0 unspecified atom stereocenters. The lowest BCUT2D eigenvalue weighted by Crippen LogP contribution is -2.20. The minimum atomic E-state index is -1.04. The minimum Gasteiger partial charge on any atom is -0.484 e. The molecule has 0 fully saturated rings. The molecule has 0 bridgehead atoms. The van der Waals surface area contributed by atoms with Gasteiger partial charge in [0.05, 0.1) is 5.56 Å². The van der Waals surface area contributed by atoms with Crippen LogP contribution in [0.15, 0.2) is 46.9 Å². The first kappa shape index (κ1) is 16.0. The van der Waals surface area contributed by atoms with Crippen molar-refractivity contribution in [3.05, 3.63) is 58.1 Å². The summed E-state index contributed by atoms with van der Waals surface area (Å²) in [5, 5.41) is 11.6. The molecule has 5 nitrogen and oxygen atoms in total. The van der Waals surface area contributed by atoms with Crippen LogP contribution < -0.4 is 10.1 Å². The Morgan fingerprint density at radius 3 is 2.50 bits per heavy atom. The van der Waals surface area contributed by atoms with Gasteiger partial charge in [-0.25, -0.2) is 4.79 Å². The number of aromatic carboxylic acids is 1. The quantitative estimate of drug-likeness (QED) is 0.852. The van der Waals surface area contributed by atoms with Gasteiger partial charge in [0.15, 0.2) is 6.61 Å². The molecule has 6 heteroatoms. The van der Waals surface area contributed by atoms with Crippen molar-refractivity contribution in [2.24, 2.45) is 0 Å². The Labute approximate surface area is 136 Å². The van der Waals surface area contributed by atoms with E-state index in [0.29, 0.717) is 11.4 Å². The molecule has 0 aliphatic carbocycles. The highest BCUT2D eigenvalue weighted by atomic mass is 79.9. The summed E-state index contributed by atoms with van der Waals surface area (Å²) >= 11 is 3.31. The monoisotopic (exact) mass is 363 g/mol. The number of amides is 1. The van der Waals surface area contributed by atoms with Crippen LogP contribution in [0.5, 0.6) is 5.75 Å².